The first-order valence-corrected chi connectivity index (χ1v) is 6.87. The van der Waals surface area contributed by atoms with Crippen LogP contribution in [0.25, 0.3) is 0 Å². The molecule has 0 bridgehead atoms. The van der Waals surface area contributed by atoms with Crippen molar-refractivity contribution in [1.82, 2.24) is 4.90 Å². The van der Waals surface area contributed by atoms with Gasteiger partial charge in [-0.05, 0) is 39.8 Å². The first-order valence-electron chi connectivity index (χ1n) is 5.26. The standard InChI is InChI=1S/C12H18BrNOS/c1-8-6-7-10(16-8)9(2)14(5)11(15)12(3,4)13/h6-7,9H,1-5H3. The molecule has 0 N–H and O–H groups in total. The molecule has 4 heteroatoms. The fourth-order valence-corrected chi connectivity index (χ4v) is 2.72. The highest BCUT2D eigenvalue weighted by Gasteiger charge is 2.30. The Morgan fingerprint density at radius 1 is 1.50 bits per heavy atom. The Kier molecular flexibility index (Phi) is 4.18. The number of nitrogens with zero attached hydrogens (tertiary/aromatic N) is 1. The highest BCUT2D eigenvalue weighted by molar-refractivity contribution is 9.10. The van der Waals surface area contributed by atoms with E-state index in [4.69, 9.17) is 0 Å². The maximum Gasteiger partial charge on any atom is 0.239 e. The summed E-state index contributed by atoms with van der Waals surface area (Å²) in [5.41, 5.74) is 0. The predicted molar refractivity (Wildman–Crippen MR) is 73.2 cm³/mol. The second kappa shape index (κ2) is 4.88. The van der Waals surface area contributed by atoms with Gasteiger partial charge in [0.25, 0.3) is 0 Å². The zero-order chi connectivity index (χ0) is 12.5. The zero-order valence-electron chi connectivity index (χ0n) is 10.4. The molecule has 0 fully saturated rings. The van der Waals surface area contributed by atoms with Gasteiger partial charge in [-0.25, -0.2) is 0 Å². The first kappa shape index (κ1) is 13.7. The molecule has 0 radical (unpaired) electrons. The summed E-state index contributed by atoms with van der Waals surface area (Å²) in [4.78, 5) is 16.4. The van der Waals surface area contributed by atoms with Crippen molar-refractivity contribution in [3.05, 3.63) is 21.9 Å². The van der Waals surface area contributed by atoms with Crippen LogP contribution in [0.5, 0.6) is 0 Å². The number of hydrogen-bond donors (Lipinski definition) is 0. The fourth-order valence-electron chi connectivity index (χ4n) is 1.46. The molecule has 90 valence electrons. The van der Waals surface area contributed by atoms with Crippen LogP contribution in [-0.2, 0) is 4.79 Å². The van der Waals surface area contributed by atoms with Crippen LogP contribution in [-0.4, -0.2) is 22.2 Å². The third kappa shape index (κ3) is 3.08. The molecule has 1 aromatic rings. The van der Waals surface area contributed by atoms with Crippen molar-refractivity contribution in [2.75, 3.05) is 7.05 Å². The van der Waals surface area contributed by atoms with E-state index >= 15 is 0 Å². The number of amides is 1. The highest BCUT2D eigenvalue weighted by Crippen LogP contribution is 2.29. The van der Waals surface area contributed by atoms with Crippen LogP contribution >= 0.6 is 27.3 Å². The lowest BCUT2D eigenvalue weighted by Gasteiger charge is -2.29. The van der Waals surface area contributed by atoms with Crippen molar-refractivity contribution < 1.29 is 4.79 Å². The zero-order valence-corrected chi connectivity index (χ0v) is 12.8. The van der Waals surface area contributed by atoms with E-state index in [1.54, 1.807) is 16.2 Å². The smallest absolute Gasteiger partial charge is 0.239 e. The number of carbonyl (C=O) groups excluding carboxylic acids is 1. The van der Waals surface area contributed by atoms with Crippen LogP contribution in [0.3, 0.4) is 0 Å². The number of halogens is 1. The molecule has 0 spiro atoms. The summed E-state index contributed by atoms with van der Waals surface area (Å²) in [6, 6.07) is 4.31. The lowest BCUT2D eigenvalue weighted by atomic mass is 10.1. The maximum absolute atomic E-state index is 12.1. The third-order valence-corrected chi connectivity index (χ3v) is 4.09. The SMILES string of the molecule is Cc1ccc(C(C)N(C)C(=O)C(C)(C)Br)s1. The Hall–Kier alpha value is -0.350. The van der Waals surface area contributed by atoms with Crippen molar-refractivity contribution in [3.63, 3.8) is 0 Å². The Labute approximate surface area is 110 Å². The maximum atomic E-state index is 12.1. The lowest BCUT2D eigenvalue weighted by molar-refractivity contribution is -0.133. The van der Waals surface area contributed by atoms with Gasteiger partial charge < -0.3 is 4.90 Å². The van der Waals surface area contributed by atoms with Crippen LogP contribution in [0.2, 0.25) is 0 Å². The van der Waals surface area contributed by atoms with Gasteiger partial charge in [0, 0.05) is 16.8 Å². The number of thiophene rings is 1. The van der Waals surface area contributed by atoms with Gasteiger partial charge in [-0.2, -0.15) is 0 Å². The van der Waals surface area contributed by atoms with Crippen LogP contribution in [0, 0.1) is 6.92 Å². The topological polar surface area (TPSA) is 20.3 Å². The molecule has 0 saturated heterocycles. The van der Waals surface area contributed by atoms with Crippen LogP contribution < -0.4 is 0 Å². The molecule has 2 nitrogen and oxygen atoms in total. The highest BCUT2D eigenvalue weighted by atomic mass is 79.9. The molecular formula is C12H18BrNOS. The van der Waals surface area contributed by atoms with Gasteiger partial charge in [0.15, 0.2) is 0 Å². The molecule has 1 aromatic heterocycles. The van der Waals surface area contributed by atoms with E-state index in [-0.39, 0.29) is 11.9 Å². The van der Waals surface area contributed by atoms with Gasteiger partial charge in [-0.15, -0.1) is 11.3 Å². The number of alkyl halides is 1. The second-order valence-electron chi connectivity index (χ2n) is 4.51. The third-order valence-electron chi connectivity index (χ3n) is 2.58. The number of rotatable bonds is 3. The van der Waals surface area contributed by atoms with E-state index < -0.39 is 4.32 Å². The molecule has 16 heavy (non-hydrogen) atoms. The van der Waals surface area contributed by atoms with Gasteiger partial charge >= 0.3 is 0 Å². The molecule has 1 unspecified atom stereocenters. The van der Waals surface area contributed by atoms with Gasteiger partial charge in [-0.1, -0.05) is 15.9 Å². The Morgan fingerprint density at radius 2 is 2.06 bits per heavy atom. The van der Waals surface area contributed by atoms with Crippen molar-refractivity contribution >= 4 is 33.2 Å². The molecule has 1 atom stereocenters. The molecule has 1 rings (SSSR count). The van der Waals surface area contributed by atoms with E-state index in [1.807, 2.05) is 20.9 Å². The molecular weight excluding hydrogens is 286 g/mol. The van der Waals surface area contributed by atoms with Crippen LogP contribution in [0.4, 0.5) is 0 Å². The number of carbonyl (C=O) groups is 1. The predicted octanol–water partition coefficient (Wildman–Crippen LogP) is 3.75. The monoisotopic (exact) mass is 303 g/mol. The lowest BCUT2D eigenvalue weighted by Crippen LogP contribution is -2.40. The summed E-state index contributed by atoms with van der Waals surface area (Å²) < 4.78 is -0.498. The van der Waals surface area contributed by atoms with E-state index in [0.717, 1.165) is 0 Å². The Bertz CT molecular complexity index is 381. The molecule has 1 amide bonds. The molecule has 0 aliphatic carbocycles. The van der Waals surface area contributed by atoms with E-state index in [9.17, 15) is 4.79 Å². The minimum atomic E-state index is -0.498. The van der Waals surface area contributed by atoms with E-state index in [2.05, 4.69) is 41.9 Å². The summed E-state index contributed by atoms with van der Waals surface area (Å²) >= 11 is 5.15. The van der Waals surface area contributed by atoms with Gasteiger partial charge in [0.05, 0.1) is 10.4 Å². The summed E-state index contributed by atoms with van der Waals surface area (Å²) in [6.45, 7) is 7.88. The fraction of sp³-hybridized carbons (Fsp3) is 0.583. The van der Waals surface area contributed by atoms with E-state index in [1.165, 1.54) is 9.75 Å². The summed E-state index contributed by atoms with van der Waals surface area (Å²) in [5, 5.41) is 0. The van der Waals surface area contributed by atoms with Gasteiger partial charge in [0.1, 0.15) is 0 Å². The van der Waals surface area contributed by atoms with Crippen molar-refractivity contribution in [2.45, 2.75) is 38.1 Å². The quantitative estimate of drug-likeness (QED) is 0.779. The van der Waals surface area contributed by atoms with E-state index in [0.29, 0.717) is 0 Å². The first-order chi connectivity index (χ1) is 7.23. The van der Waals surface area contributed by atoms with Crippen molar-refractivity contribution in [2.24, 2.45) is 0 Å². The minimum absolute atomic E-state index is 0.103. The molecule has 0 aromatic carbocycles. The largest absolute Gasteiger partial charge is 0.337 e. The molecule has 1 heterocycles. The number of aryl methyl sites for hydroxylation is 1. The minimum Gasteiger partial charge on any atom is -0.337 e. The average Bonchev–Trinajstić information content (AvgIpc) is 2.60. The van der Waals surface area contributed by atoms with Gasteiger partial charge in [0.2, 0.25) is 5.91 Å². The Balaban J connectivity index is 2.82. The second-order valence-corrected chi connectivity index (χ2v) is 7.81. The summed E-state index contributed by atoms with van der Waals surface area (Å²) in [7, 11) is 1.85. The molecule has 0 saturated carbocycles. The normalized spacial score (nSPS) is 13.6. The summed E-state index contributed by atoms with van der Waals surface area (Å²) in [5.74, 6) is 0.103. The molecule has 0 aliphatic rings. The molecule has 0 aliphatic heterocycles. The average molecular weight is 304 g/mol. The van der Waals surface area contributed by atoms with Crippen LogP contribution in [0.15, 0.2) is 12.1 Å². The van der Waals surface area contributed by atoms with Crippen LogP contribution in [0.1, 0.15) is 36.6 Å². The van der Waals surface area contributed by atoms with Crippen molar-refractivity contribution in [3.8, 4) is 0 Å². The Morgan fingerprint density at radius 3 is 2.44 bits per heavy atom. The number of hydrogen-bond acceptors (Lipinski definition) is 2. The van der Waals surface area contributed by atoms with Gasteiger partial charge in [-0.3, -0.25) is 4.79 Å². The van der Waals surface area contributed by atoms with Crippen molar-refractivity contribution in [1.29, 1.82) is 0 Å². The summed E-state index contributed by atoms with van der Waals surface area (Å²) in [6.07, 6.45) is 0.